The number of likely N-dealkylation sites (N-methyl/N-ethyl adjacent to an activating group) is 2. The Bertz CT molecular complexity index is 457. The Morgan fingerprint density at radius 1 is 1.05 bits per heavy atom. The van der Waals surface area contributed by atoms with Gasteiger partial charge in [0, 0.05) is 25.6 Å². The first-order valence-electron chi connectivity index (χ1n) is 8.28. The molecule has 0 saturated carbocycles. The van der Waals surface area contributed by atoms with Crippen molar-refractivity contribution in [1.29, 1.82) is 0 Å². The molecule has 4 nitrogen and oxygen atoms in total. The Hall–Kier alpha value is -0.390. The standard InChI is InChI=1S/C17H36N2O2S/c1-9-12-17(6,13-10-2)16(4,5)22(20,21)19(8)15-14-18(7)11-3/h9,12H,10-11,13-15H2,1-8H3/b12-9-. The Labute approximate surface area is 138 Å². The van der Waals surface area contributed by atoms with Crippen LogP contribution in [-0.4, -0.2) is 56.1 Å². The average molecular weight is 333 g/mol. The molecular weight excluding hydrogens is 296 g/mol. The fourth-order valence-corrected chi connectivity index (χ4v) is 4.61. The molecule has 0 rings (SSSR count). The zero-order valence-electron chi connectivity index (χ0n) is 15.8. The molecule has 5 heteroatoms. The summed E-state index contributed by atoms with van der Waals surface area (Å²) < 4.78 is 26.9. The maximum absolute atomic E-state index is 13.1. The fraction of sp³-hybridized carbons (Fsp3) is 0.882. The Morgan fingerprint density at radius 2 is 1.59 bits per heavy atom. The third-order valence-corrected chi connectivity index (χ3v) is 7.83. The summed E-state index contributed by atoms with van der Waals surface area (Å²) in [5, 5.41) is 0. The van der Waals surface area contributed by atoms with Gasteiger partial charge in [0.2, 0.25) is 10.0 Å². The molecule has 0 aliphatic carbocycles. The van der Waals surface area contributed by atoms with Gasteiger partial charge in [0.15, 0.2) is 0 Å². The highest BCUT2D eigenvalue weighted by atomic mass is 32.2. The zero-order chi connectivity index (χ0) is 17.6. The molecule has 0 fully saturated rings. The highest BCUT2D eigenvalue weighted by Gasteiger charge is 2.49. The van der Waals surface area contributed by atoms with Gasteiger partial charge in [-0.1, -0.05) is 39.3 Å². The summed E-state index contributed by atoms with van der Waals surface area (Å²) in [7, 11) is 0.315. The van der Waals surface area contributed by atoms with E-state index in [1.807, 2.05) is 33.9 Å². The molecule has 0 aliphatic heterocycles. The van der Waals surface area contributed by atoms with E-state index in [2.05, 4.69) is 31.7 Å². The van der Waals surface area contributed by atoms with Crippen molar-refractivity contribution >= 4 is 10.0 Å². The highest BCUT2D eigenvalue weighted by molar-refractivity contribution is 7.90. The van der Waals surface area contributed by atoms with Crippen molar-refractivity contribution in [3.8, 4) is 0 Å². The van der Waals surface area contributed by atoms with Gasteiger partial charge in [-0.2, -0.15) is 0 Å². The third kappa shape index (κ3) is 4.56. The van der Waals surface area contributed by atoms with E-state index in [0.29, 0.717) is 6.54 Å². The van der Waals surface area contributed by atoms with Gasteiger partial charge in [0.05, 0.1) is 4.75 Å². The third-order valence-electron chi connectivity index (χ3n) is 5.07. The van der Waals surface area contributed by atoms with Crippen LogP contribution in [0.25, 0.3) is 0 Å². The van der Waals surface area contributed by atoms with Crippen LogP contribution in [0, 0.1) is 5.41 Å². The normalized spacial score (nSPS) is 16.6. The van der Waals surface area contributed by atoms with Gasteiger partial charge in [0.25, 0.3) is 0 Å². The Balaban J connectivity index is 5.45. The van der Waals surface area contributed by atoms with Gasteiger partial charge in [0.1, 0.15) is 0 Å². The van der Waals surface area contributed by atoms with Crippen molar-refractivity contribution in [2.45, 2.75) is 59.1 Å². The number of hydrogen-bond donors (Lipinski definition) is 0. The molecule has 0 amide bonds. The van der Waals surface area contributed by atoms with Crippen LogP contribution >= 0.6 is 0 Å². The predicted molar refractivity (Wildman–Crippen MR) is 96.6 cm³/mol. The second kappa shape index (κ2) is 8.46. The zero-order valence-corrected chi connectivity index (χ0v) is 16.6. The summed E-state index contributed by atoms with van der Waals surface area (Å²) in [5.74, 6) is 0. The number of rotatable bonds is 10. The Kier molecular flexibility index (Phi) is 8.31. The van der Waals surface area contributed by atoms with Crippen LogP contribution in [0.4, 0.5) is 0 Å². The van der Waals surface area contributed by atoms with E-state index in [4.69, 9.17) is 0 Å². The van der Waals surface area contributed by atoms with Gasteiger partial charge in [-0.3, -0.25) is 0 Å². The smallest absolute Gasteiger partial charge is 0.219 e. The average Bonchev–Trinajstić information content (AvgIpc) is 2.44. The van der Waals surface area contributed by atoms with Crippen LogP contribution < -0.4 is 0 Å². The lowest BCUT2D eigenvalue weighted by atomic mass is 9.74. The fourth-order valence-electron chi connectivity index (χ4n) is 2.75. The minimum atomic E-state index is -3.39. The van der Waals surface area contributed by atoms with E-state index in [9.17, 15) is 8.42 Å². The first-order chi connectivity index (χ1) is 10.00. The predicted octanol–water partition coefficient (Wildman–Crippen LogP) is 3.36. The van der Waals surface area contributed by atoms with Crippen molar-refractivity contribution in [2.24, 2.45) is 5.41 Å². The molecule has 0 aromatic heterocycles. The van der Waals surface area contributed by atoms with E-state index < -0.39 is 14.8 Å². The molecule has 0 radical (unpaired) electrons. The summed E-state index contributed by atoms with van der Waals surface area (Å²) in [6.07, 6.45) is 5.84. The lowest BCUT2D eigenvalue weighted by Gasteiger charge is -2.43. The monoisotopic (exact) mass is 332 g/mol. The first kappa shape index (κ1) is 21.6. The Morgan fingerprint density at radius 3 is 2.00 bits per heavy atom. The van der Waals surface area contributed by atoms with Gasteiger partial charge < -0.3 is 4.90 Å². The summed E-state index contributed by atoms with van der Waals surface area (Å²) >= 11 is 0. The molecule has 0 heterocycles. The summed E-state index contributed by atoms with van der Waals surface area (Å²) in [5.41, 5.74) is -0.375. The van der Waals surface area contributed by atoms with E-state index in [-0.39, 0.29) is 5.41 Å². The van der Waals surface area contributed by atoms with Gasteiger partial charge >= 0.3 is 0 Å². The van der Waals surface area contributed by atoms with Gasteiger partial charge in [-0.05, 0) is 40.8 Å². The second-order valence-corrected chi connectivity index (χ2v) is 9.49. The van der Waals surface area contributed by atoms with E-state index in [1.165, 1.54) is 4.31 Å². The highest BCUT2D eigenvalue weighted by Crippen LogP contribution is 2.43. The first-order valence-corrected chi connectivity index (χ1v) is 9.72. The molecule has 22 heavy (non-hydrogen) atoms. The van der Waals surface area contributed by atoms with Crippen LogP contribution in [0.5, 0.6) is 0 Å². The second-order valence-electron chi connectivity index (χ2n) is 6.90. The maximum Gasteiger partial charge on any atom is 0.219 e. The summed E-state index contributed by atoms with van der Waals surface area (Å²) in [6, 6.07) is 0. The van der Waals surface area contributed by atoms with Crippen LogP contribution in [-0.2, 0) is 10.0 Å². The maximum atomic E-state index is 13.1. The van der Waals surface area contributed by atoms with Crippen LogP contribution in [0.3, 0.4) is 0 Å². The molecule has 0 saturated heterocycles. The lowest BCUT2D eigenvalue weighted by molar-refractivity contribution is 0.268. The molecule has 0 bridgehead atoms. The van der Waals surface area contributed by atoms with Gasteiger partial charge in [-0.25, -0.2) is 12.7 Å². The number of nitrogens with zero attached hydrogens (tertiary/aromatic N) is 2. The van der Waals surface area contributed by atoms with Crippen molar-refractivity contribution in [3.05, 3.63) is 12.2 Å². The number of hydrogen-bond acceptors (Lipinski definition) is 3. The minimum Gasteiger partial charge on any atom is -0.305 e. The molecular formula is C17H36N2O2S. The van der Waals surface area contributed by atoms with E-state index in [0.717, 1.165) is 25.9 Å². The largest absolute Gasteiger partial charge is 0.305 e. The molecule has 0 aromatic carbocycles. The molecule has 0 aliphatic rings. The molecule has 0 N–H and O–H groups in total. The number of sulfonamides is 1. The van der Waals surface area contributed by atoms with Gasteiger partial charge in [-0.15, -0.1) is 0 Å². The SMILES string of the molecule is C/C=C\C(C)(CCC)C(C)(C)S(=O)(=O)N(C)CCN(C)CC. The van der Waals surface area contributed by atoms with Crippen LogP contribution in [0.1, 0.15) is 54.4 Å². The minimum absolute atomic E-state index is 0.375. The topological polar surface area (TPSA) is 40.6 Å². The van der Waals surface area contributed by atoms with Crippen molar-refractivity contribution in [2.75, 3.05) is 33.7 Å². The van der Waals surface area contributed by atoms with Crippen molar-refractivity contribution < 1.29 is 8.42 Å². The summed E-state index contributed by atoms with van der Waals surface area (Å²) in [4.78, 5) is 2.12. The quantitative estimate of drug-likeness (QED) is 0.576. The molecule has 1 unspecified atom stereocenters. The summed E-state index contributed by atoms with van der Waals surface area (Å²) in [6.45, 7) is 14.1. The van der Waals surface area contributed by atoms with Crippen LogP contribution in [0.15, 0.2) is 12.2 Å². The lowest BCUT2D eigenvalue weighted by Crippen LogP contribution is -2.53. The van der Waals surface area contributed by atoms with Crippen molar-refractivity contribution in [1.82, 2.24) is 9.21 Å². The van der Waals surface area contributed by atoms with Crippen LogP contribution in [0.2, 0.25) is 0 Å². The van der Waals surface area contributed by atoms with Crippen molar-refractivity contribution in [3.63, 3.8) is 0 Å². The molecule has 1 atom stereocenters. The van der Waals surface area contributed by atoms with E-state index >= 15 is 0 Å². The molecule has 0 spiro atoms. The number of allylic oxidation sites excluding steroid dienone is 2. The molecule has 0 aromatic rings. The van der Waals surface area contributed by atoms with E-state index in [1.54, 1.807) is 7.05 Å². The molecule has 132 valence electrons.